The number of sulfonamides is 1. The van der Waals surface area contributed by atoms with Crippen LogP contribution in [0, 0.1) is 11.7 Å². The predicted molar refractivity (Wildman–Crippen MR) is 94.5 cm³/mol. The minimum Gasteiger partial charge on any atom is -0.339 e. The van der Waals surface area contributed by atoms with Gasteiger partial charge in [0.25, 0.3) is 5.91 Å². The smallest absolute Gasteiger partial charge is 0.253 e. The third-order valence-corrected chi connectivity index (χ3v) is 5.95. The van der Waals surface area contributed by atoms with Gasteiger partial charge in [-0.25, -0.2) is 17.5 Å². The normalized spacial score (nSPS) is 15.8. The molecular formula is C18H20FN3O3S. The fraction of sp³-hybridized carbons (Fsp3) is 0.333. The van der Waals surface area contributed by atoms with Crippen molar-refractivity contribution in [1.82, 2.24) is 14.6 Å². The zero-order valence-electron chi connectivity index (χ0n) is 14.1. The molecule has 1 N–H and O–H groups in total. The number of hydrogen-bond acceptors (Lipinski definition) is 4. The van der Waals surface area contributed by atoms with Crippen molar-refractivity contribution in [3.05, 3.63) is 60.2 Å². The van der Waals surface area contributed by atoms with Gasteiger partial charge < -0.3 is 4.90 Å². The van der Waals surface area contributed by atoms with Crippen LogP contribution in [0.3, 0.4) is 0 Å². The van der Waals surface area contributed by atoms with E-state index in [-0.39, 0.29) is 16.7 Å². The molecule has 1 aliphatic rings. The maximum absolute atomic E-state index is 12.9. The number of nitrogens with one attached hydrogen (secondary N) is 1. The largest absolute Gasteiger partial charge is 0.339 e. The van der Waals surface area contributed by atoms with Crippen LogP contribution in [0.5, 0.6) is 0 Å². The summed E-state index contributed by atoms with van der Waals surface area (Å²) in [5.74, 6) is -0.348. The Kier molecular flexibility index (Phi) is 5.63. The molecule has 2 aromatic rings. The molecule has 8 heteroatoms. The van der Waals surface area contributed by atoms with E-state index in [2.05, 4.69) is 9.71 Å². The Hall–Kier alpha value is -2.32. The maximum Gasteiger partial charge on any atom is 0.253 e. The highest BCUT2D eigenvalue weighted by atomic mass is 32.2. The summed E-state index contributed by atoms with van der Waals surface area (Å²) in [7, 11) is -3.65. The van der Waals surface area contributed by atoms with E-state index in [0.717, 1.165) is 25.0 Å². The van der Waals surface area contributed by atoms with Crippen LogP contribution in [0.25, 0.3) is 0 Å². The number of carbonyl (C=O) groups is 1. The number of amides is 1. The summed E-state index contributed by atoms with van der Waals surface area (Å²) >= 11 is 0. The summed E-state index contributed by atoms with van der Waals surface area (Å²) in [5.41, 5.74) is 0.607. The molecule has 138 valence electrons. The first-order valence-electron chi connectivity index (χ1n) is 8.40. The first-order chi connectivity index (χ1) is 12.5. The topological polar surface area (TPSA) is 79.4 Å². The molecule has 3 rings (SSSR count). The number of likely N-dealkylation sites (tertiary alicyclic amines) is 1. The molecule has 0 unspecified atom stereocenters. The van der Waals surface area contributed by atoms with E-state index < -0.39 is 15.8 Å². The van der Waals surface area contributed by atoms with Gasteiger partial charge in [-0.05, 0) is 55.2 Å². The zero-order valence-corrected chi connectivity index (χ0v) is 15.0. The number of carbonyl (C=O) groups excluding carboxylic acids is 1. The SMILES string of the molecule is O=C(c1ccncc1)N1CCC(CNS(=O)(=O)c2ccc(F)cc2)CC1. The number of benzene rings is 1. The lowest BCUT2D eigenvalue weighted by Crippen LogP contribution is -2.41. The molecule has 0 bridgehead atoms. The molecular weight excluding hydrogens is 357 g/mol. The second kappa shape index (κ2) is 7.92. The number of pyridine rings is 1. The first-order valence-corrected chi connectivity index (χ1v) is 9.88. The molecule has 0 radical (unpaired) electrons. The minimum atomic E-state index is -3.65. The lowest BCUT2D eigenvalue weighted by atomic mass is 9.97. The van der Waals surface area contributed by atoms with Gasteiger partial charge in [0, 0.05) is 37.6 Å². The van der Waals surface area contributed by atoms with E-state index >= 15 is 0 Å². The molecule has 1 amide bonds. The van der Waals surface area contributed by atoms with Crippen LogP contribution in [-0.2, 0) is 10.0 Å². The van der Waals surface area contributed by atoms with Gasteiger partial charge in [-0.2, -0.15) is 0 Å². The van der Waals surface area contributed by atoms with Crippen molar-refractivity contribution < 1.29 is 17.6 Å². The van der Waals surface area contributed by atoms with Crippen molar-refractivity contribution in [2.75, 3.05) is 19.6 Å². The molecule has 1 saturated heterocycles. The molecule has 1 aromatic carbocycles. The Morgan fingerprint density at radius 2 is 1.73 bits per heavy atom. The molecule has 2 heterocycles. The fourth-order valence-electron chi connectivity index (χ4n) is 2.94. The summed E-state index contributed by atoms with van der Waals surface area (Å²) in [6.45, 7) is 1.48. The zero-order chi connectivity index (χ0) is 18.6. The number of halogens is 1. The van der Waals surface area contributed by atoms with Crippen molar-refractivity contribution in [1.29, 1.82) is 0 Å². The predicted octanol–water partition coefficient (Wildman–Crippen LogP) is 2.05. The van der Waals surface area contributed by atoms with E-state index in [0.29, 0.717) is 25.2 Å². The molecule has 1 aromatic heterocycles. The summed E-state index contributed by atoms with van der Waals surface area (Å²) in [6, 6.07) is 8.10. The van der Waals surface area contributed by atoms with Gasteiger partial charge in [-0.15, -0.1) is 0 Å². The summed E-state index contributed by atoms with van der Waals surface area (Å²) in [6.07, 6.45) is 4.62. The first kappa shape index (κ1) is 18.5. The average Bonchev–Trinajstić information content (AvgIpc) is 2.67. The number of nitrogens with zero attached hydrogens (tertiary/aromatic N) is 2. The van der Waals surface area contributed by atoms with Crippen LogP contribution in [-0.4, -0.2) is 43.8 Å². The maximum atomic E-state index is 12.9. The van der Waals surface area contributed by atoms with Gasteiger partial charge in [-0.3, -0.25) is 9.78 Å². The second-order valence-electron chi connectivity index (χ2n) is 6.28. The quantitative estimate of drug-likeness (QED) is 0.865. The monoisotopic (exact) mass is 377 g/mol. The summed E-state index contributed by atoms with van der Waals surface area (Å²) in [5, 5.41) is 0. The van der Waals surface area contributed by atoms with Crippen LogP contribution >= 0.6 is 0 Å². The van der Waals surface area contributed by atoms with E-state index in [1.165, 1.54) is 12.1 Å². The minimum absolute atomic E-state index is 0.0299. The third kappa shape index (κ3) is 4.44. The lowest BCUT2D eigenvalue weighted by Gasteiger charge is -2.32. The number of piperidine rings is 1. The molecule has 1 fully saturated rings. The van der Waals surface area contributed by atoms with Crippen molar-refractivity contribution in [2.24, 2.45) is 5.92 Å². The summed E-state index contributed by atoms with van der Waals surface area (Å²) < 4.78 is 40.0. The number of aromatic nitrogens is 1. The molecule has 0 aliphatic carbocycles. The fourth-order valence-corrected chi connectivity index (χ4v) is 4.06. The van der Waals surface area contributed by atoms with Crippen LogP contribution in [0.1, 0.15) is 23.2 Å². The van der Waals surface area contributed by atoms with Crippen LogP contribution in [0.4, 0.5) is 4.39 Å². The van der Waals surface area contributed by atoms with Gasteiger partial charge in [-0.1, -0.05) is 0 Å². The van der Waals surface area contributed by atoms with E-state index in [1.807, 2.05) is 0 Å². The van der Waals surface area contributed by atoms with E-state index in [1.54, 1.807) is 29.4 Å². The van der Waals surface area contributed by atoms with Crippen molar-refractivity contribution in [3.8, 4) is 0 Å². The molecule has 1 aliphatic heterocycles. The third-order valence-electron chi connectivity index (χ3n) is 4.51. The molecule has 6 nitrogen and oxygen atoms in total. The summed E-state index contributed by atoms with van der Waals surface area (Å²) in [4.78, 5) is 18.1. The molecule has 26 heavy (non-hydrogen) atoms. The molecule has 0 spiro atoms. The Morgan fingerprint density at radius 1 is 1.12 bits per heavy atom. The van der Waals surface area contributed by atoms with Gasteiger partial charge in [0.2, 0.25) is 10.0 Å². The van der Waals surface area contributed by atoms with Gasteiger partial charge >= 0.3 is 0 Å². The Morgan fingerprint density at radius 3 is 2.35 bits per heavy atom. The van der Waals surface area contributed by atoms with Crippen molar-refractivity contribution >= 4 is 15.9 Å². The highest BCUT2D eigenvalue weighted by molar-refractivity contribution is 7.89. The Balaban J connectivity index is 1.51. The van der Waals surface area contributed by atoms with Crippen molar-refractivity contribution in [2.45, 2.75) is 17.7 Å². The Bertz CT molecular complexity index is 849. The van der Waals surface area contributed by atoms with Gasteiger partial charge in [0.05, 0.1) is 4.90 Å². The van der Waals surface area contributed by atoms with E-state index in [9.17, 15) is 17.6 Å². The van der Waals surface area contributed by atoms with Crippen molar-refractivity contribution in [3.63, 3.8) is 0 Å². The number of rotatable bonds is 5. The van der Waals surface area contributed by atoms with Gasteiger partial charge in [0.15, 0.2) is 0 Å². The molecule has 0 atom stereocenters. The number of hydrogen-bond donors (Lipinski definition) is 1. The van der Waals surface area contributed by atoms with E-state index in [4.69, 9.17) is 0 Å². The standard InChI is InChI=1S/C18H20FN3O3S/c19-16-1-3-17(4-2-16)26(24,25)21-13-14-7-11-22(12-8-14)18(23)15-5-9-20-10-6-15/h1-6,9-10,14,21H,7-8,11-13H2. The Labute approximate surface area is 152 Å². The average molecular weight is 377 g/mol. The second-order valence-corrected chi connectivity index (χ2v) is 8.04. The van der Waals surface area contributed by atoms with Crippen LogP contribution in [0.2, 0.25) is 0 Å². The molecule has 0 saturated carbocycles. The lowest BCUT2D eigenvalue weighted by molar-refractivity contribution is 0.0692. The highest BCUT2D eigenvalue weighted by Crippen LogP contribution is 2.19. The highest BCUT2D eigenvalue weighted by Gasteiger charge is 2.25. The van der Waals surface area contributed by atoms with Gasteiger partial charge in [0.1, 0.15) is 5.82 Å². The van der Waals surface area contributed by atoms with Crippen LogP contribution < -0.4 is 4.72 Å². The van der Waals surface area contributed by atoms with Crippen LogP contribution in [0.15, 0.2) is 53.7 Å².